The number of hydrogen-bond acceptors (Lipinski definition) is 3. The molecular weight excluding hydrogens is 352 g/mol. The van der Waals surface area contributed by atoms with Gasteiger partial charge in [0.25, 0.3) is 0 Å². The molecule has 0 atom stereocenters. The monoisotopic (exact) mass is 378 g/mol. The summed E-state index contributed by atoms with van der Waals surface area (Å²) < 4.78 is 12.9. The van der Waals surface area contributed by atoms with E-state index >= 15 is 0 Å². The quantitative estimate of drug-likeness (QED) is 0.680. The van der Waals surface area contributed by atoms with Crippen LogP contribution in [0.25, 0.3) is 10.9 Å². The number of nitrogens with zero attached hydrogens (tertiary/aromatic N) is 2. The summed E-state index contributed by atoms with van der Waals surface area (Å²) in [6.45, 7) is 1.48. The van der Waals surface area contributed by atoms with E-state index in [0.29, 0.717) is 30.9 Å². The van der Waals surface area contributed by atoms with Crippen molar-refractivity contribution in [3.8, 4) is 11.5 Å². The molecule has 5 nitrogen and oxygen atoms in total. The Kier molecular flexibility index (Phi) is 4.99. The van der Waals surface area contributed by atoms with Crippen LogP contribution in [-0.2, 0) is 31.2 Å². The lowest BCUT2D eigenvalue weighted by Crippen LogP contribution is -2.36. The van der Waals surface area contributed by atoms with Crippen LogP contribution in [0.2, 0.25) is 0 Å². The number of fused-ring (bicyclic) bond motifs is 3. The van der Waals surface area contributed by atoms with E-state index < -0.39 is 0 Å². The number of hydrogen-bond donors (Lipinski definition) is 0. The molecule has 4 rings (SSSR count). The SMILES string of the molecule is COc1ccc(CCC(=O)N2CCc3c(c4ccccc4n3C)C2)cc1OC. The van der Waals surface area contributed by atoms with Crippen molar-refractivity contribution in [3.63, 3.8) is 0 Å². The van der Waals surface area contributed by atoms with Crippen molar-refractivity contribution in [1.82, 2.24) is 9.47 Å². The van der Waals surface area contributed by atoms with Crippen molar-refractivity contribution in [2.75, 3.05) is 20.8 Å². The number of carbonyl (C=O) groups is 1. The summed E-state index contributed by atoms with van der Waals surface area (Å²) in [6, 6.07) is 14.3. The van der Waals surface area contributed by atoms with E-state index in [9.17, 15) is 4.79 Å². The van der Waals surface area contributed by atoms with Crippen molar-refractivity contribution >= 4 is 16.8 Å². The molecule has 0 saturated carbocycles. The Morgan fingerprint density at radius 1 is 1.07 bits per heavy atom. The molecule has 1 aromatic heterocycles. The van der Waals surface area contributed by atoms with Gasteiger partial charge in [0.15, 0.2) is 11.5 Å². The minimum absolute atomic E-state index is 0.202. The molecule has 3 aromatic rings. The van der Waals surface area contributed by atoms with Crippen LogP contribution in [0, 0.1) is 0 Å². The van der Waals surface area contributed by atoms with Crippen molar-refractivity contribution in [1.29, 1.82) is 0 Å². The summed E-state index contributed by atoms with van der Waals surface area (Å²) in [5, 5.41) is 1.26. The average molecular weight is 378 g/mol. The molecule has 146 valence electrons. The van der Waals surface area contributed by atoms with E-state index in [2.05, 4.69) is 35.9 Å². The first-order valence-corrected chi connectivity index (χ1v) is 9.66. The van der Waals surface area contributed by atoms with Crippen LogP contribution in [0.3, 0.4) is 0 Å². The lowest BCUT2D eigenvalue weighted by atomic mass is 10.0. The zero-order chi connectivity index (χ0) is 19.7. The molecule has 0 bridgehead atoms. The summed E-state index contributed by atoms with van der Waals surface area (Å²) in [5.41, 5.74) is 4.97. The topological polar surface area (TPSA) is 43.7 Å². The lowest BCUT2D eigenvalue weighted by Gasteiger charge is -2.28. The third-order valence-corrected chi connectivity index (χ3v) is 5.74. The Morgan fingerprint density at radius 2 is 1.86 bits per heavy atom. The second kappa shape index (κ2) is 7.58. The predicted molar refractivity (Wildman–Crippen MR) is 110 cm³/mol. The zero-order valence-electron chi connectivity index (χ0n) is 16.7. The molecule has 28 heavy (non-hydrogen) atoms. The normalized spacial score (nSPS) is 13.5. The van der Waals surface area contributed by atoms with Gasteiger partial charge in [-0.15, -0.1) is 0 Å². The van der Waals surface area contributed by atoms with Crippen LogP contribution in [-0.4, -0.2) is 36.1 Å². The molecule has 0 saturated heterocycles. The van der Waals surface area contributed by atoms with Crippen molar-refractivity contribution < 1.29 is 14.3 Å². The molecular formula is C23H26N2O3. The highest BCUT2D eigenvalue weighted by atomic mass is 16.5. The molecule has 0 unspecified atom stereocenters. The van der Waals surface area contributed by atoms with E-state index in [1.165, 1.54) is 22.2 Å². The number of methoxy groups -OCH3 is 2. The fourth-order valence-electron chi connectivity index (χ4n) is 4.19. The molecule has 0 N–H and O–H groups in total. The van der Waals surface area contributed by atoms with Gasteiger partial charge in [-0.3, -0.25) is 4.79 Å². The van der Waals surface area contributed by atoms with Crippen molar-refractivity contribution in [2.24, 2.45) is 7.05 Å². The highest BCUT2D eigenvalue weighted by Gasteiger charge is 2.25. The highest BCUT2D eigenvalue weighted by Crippen LogP contribution is 2.31. The van der Waals surface area contributed by atoms with Crippen LogP contribution >= 0.6 is 0 Å². The Morgan fingerprint density at radius 3 is 2.64 bits per heavy atom. The van der Waals surface area contributed by atoms with Gasteiger partial charge in [-0.2, -0.15) is 0 Å². The maximum absolute atomic E-state index is 12.9. The molecule has 0 aliphatic carbocycles. The van der Waals surface area contributed by atoms with E-state index in [1.807, 2.05) is 23.1 Å². The number of amides is 1. The third-order valence-electron chi connectivity index (χ3n) is 5.74. The van der Waals surface area contributed by atoms with E-state index in [4.69, 9.17) is 9.47 Å². The maximum Gasteiger partial charge on any atom is 0.223 e. The molecule has 1 aliphatic heterocycles. The van der Waals surface area contributed by atoms with Crippen molar-refractivity contribution in [2.45, 2.75) is 25.8 Å². The molecule has 0 fully saturated rings. The van der Waals surface area contributed by atoms with E-state index in [-0.39, 0.29) is 5.91 Å². The van der Waals surface area contributed by atoms with Gasteiger partial charge in [-0.25, -0.2) is 0 Å². The standard InChI is InChI=1S/C23H26N2O3/c1-24-19-7-5-4-6-17(19)18-15-25(13-12-20(18)24)23(26)11-9-16-8-10-21(27-2)22(14-16)28-3/h4-8,10,14H,9,11-13,15H2,1-3H3. The second-order valence-electron chi connectivity index (χ2n) is 7.26. The van der Waals surface area contributed by atoms with Gasteiger partial charge in [0, 0.05) is 55.1 Å². The summed E-state index contributed by atoms with van der Waals surface area (Å²) in [6.07, 6.45) is 2.09. The van der Waals surface area contributed by atoms with Crippen LogP contribution in [0.4, 0.5) is 0 Å². The first-order valence-electron chi connectivity index (χ1n) is 9.66. The van der Waals surface area contributed by atoms with Crippen molar-refractivity contribution in [3.05, 3.63) is 59.3 Å². The zero-order valence-corrected chi connectivity index (χ0v) is 16.7. The van der Waals surface area contributed by atoms with Gasteiger partial charge in [0.1, 0.15) is 0 Å². The molecule has 0 spiro atoms. The third kappa shape index (κ3) is 3.21. The molecule has 1 aliphatic rings. The van der Waals surface area contributed by atoms with Gasteiger partial charge in [-0.1, -0.05) is 24.3 Å². The van der Waals surface area contributed by atoms with Crippen LogP contribution in [0.15, 0.2) is 42.5 Å². The first-order chi connectivity index (χ1) is 13.6. The summed E-state index contributed by atoms with van der Waals surface area (Å²) >= 11 is 0. The highest BCUT2D eigenvalue weighted by molar-refractivity contribution is 5.86. The van der Waals surface area contributed by atoms with Gasteiger partial charge in [0.05, 0.1) is 14.2 Å². The number of benzene rings is 2. The smallest absolute Gasteiger partial charge is 0.223 e. The molecule has 1 amide bonds. The maximum atomic E-state index is 12.9. The minimum atomic E-state index is 0.202. The molecule has 2 heterocycles. The van der Waals surface area contributed by atoms with E-state index in [0.717, 1.165) is 18.5 Å². The van der Waals surface area contributed by atoms with Gasteiger partial charge in [0.2, 0.25) is 5.91 Å². The van der Waals surface area contributed by atoms with Crippen LogP contribution < -0.4 is 9.47 Å². The second-order valence-corrected chi connectivity index (χ2v) is 7.26. The number of para-hydroxylation sites is 1. The van der Waals surface area contributed by atoms with Gasteiger partial charge in [-0.05, 0) is 30.2 Å². The largest absolute Gasteiger partial charge is 0.493 e. The number of aryl methyl sites for hydroxylation is 2. The Balaban J connectivity index is 1.46. The number of aromatic nitrogens is 1. The molecule has 5 heteroatoms. The fraction of sp³-hybridized carbons (Fsp3) is 0.348. The first kappa shape index (κ1) is 18.4. The number of rotatable bonds is 5. The Hall–Kier alpha value is -2.95. The summed E-state index contributed by atoms with van der Waals surface area (Å²) in [5.74, 6) is 1.61. The van der Waals surface area contributed by atoms with Crippen LogP contribution in [0.1, 0.15) is 23.2 Å². The molecule has 2 aromatic carbocycles. The van der Waals surface area contributed by atoms with Gasteiger partial charge >= 0.3 is 0 Å². The minimum Gasteiger partial charge on any atom is -0.493 e. The molecule has 0 radical (unpaired) electrons. The Bertz CT molecular complexity index is 1020. The fourth-order valence-corrected chi connectivity index (χ4v) is 4.19. The summed E-state index contributed by atoms with van der Waals surface area (Å²) in [4.78, 5) is 14.9. The predicted octanol–water partition coefficient (Wildman–Crippen LogP) is 3.71. The Labute approximate surface area is 165 Å². The number of ether oxygens (including phenoxy) is 2. The van der Waals surface area contributed by atoms with Crippen LogP contribution in [0.5, 0.6) is 11.5 Å². The lowest BCUT2D eigenvalue weighted by molar-refractivity contribution is -0.132. The van der Waals surface area contributed by atoms with E-state index in [1.54, 1.807) is 14.2 Å². The average Bonchev–Trinajstić information content (AvgIpc) is 3.03. The summed E-state index contributed by atoms with van der Waals surface area (Å²) in [7, 11) is 5.37. The number of carbonyl (C=O) groups excluding carboxylic acids is 1. The van der Waals surface area contributed by atoms with Gasteiger partial charge < -0.3 is 18.9 Å².